The second-order valence-corrected chi connectivity index (χ2v) is 1.07. The summed E-state index contributed by atoms with van der Waals surface area (Å²) in [6.45, 7) is 0. The molecule has 0 unspecified atom stereocenters. The van der Waals surface area contributed by atoms with Crippen molar-refractivity contribution in [3.8, 4) is 0 Å². The second-order valence-electron chi connectivity index (χ2n) is 1.07. The van der Waals surface area contributed by atoms with Gasteiger partial charge in [0, 0.05) is 12.6 Å². The van der Waals surface area contributed by atoms with Gasteiger partial charge in [-0.2, -0.15) is 0 Å². The van der Waals surface area contributed by atoms with Crippen LogP contribution < -0.4 is 0 Å². The summed E-state index contributed by atoms with van der Waals surface area (Å²) in [5, 5.41) is 0. The van der Waals surface area contributed by atoms with E-state index in [1.54, 1.807) is 6.20 Å². The van der Waals surface area contributed by atoms with Crippen molar-refractivity contribution in [3.63, 3.8) is 0 Å². The van der Waals surface area contributed by atoms with Crippen molar-refractivity contribution < 1.29 is 0 Å². The Balaban J connectivity index is 2.78. The molecule has 1 rings (SSSR count). The summed E-state index contributed by atoms with van der Waals surface area (Å²) in [7, 11) is 0. The Morgan fingerprint density at radius 3 is 2.83 bits per heavy atom. The van der Waals surface area contributed by atoms with Gasteiger partial charge in [0.15, 0.2) is 0 Å². The largest absolute Gasteiger partial charge is 0.260 e. The quantitative estimate of drug-likeness (QED) is 0.386. The first-order valence-electron chi connectivity index (χ1n) is 1.91. The number of allylic oxidation sites excluding steroid dienone is 1. The predicted molar refractivity (Wildman–Crippen MR) is 25.8 cm³/mol. The highest BCUT2D eigenvalue weighted by molar-refractivity contribution is 5.61. The van der Waals surface area contributed by atoms with Crippen LogP contribution in [0.1, 0.15) is 6.42 Å². The van der Waals surface area contributed by atoms with Crippen LogP contribution >= 0.6 is 0 Å². The summed E-state index contributed by atoms with van der Waals surface area (Å²) in [6, 6.07) is 0. The molecule has 0 fully saturated rings. The molecule has 1 heterocycles. The lowest BCUT2D eigenvalue weighted by Crippen LogP contribution is -1.68. The van der Waals surface area contributed by atoms with Crippen LogP contribution in [0.5, 0.6) is 0 Å². The minimum absolute atomic E-state index is 0.941. The molecule has 1 nitrogen and oxygen atoms in total. The Labute approximate surface area is 36.7 Å². The minimum Gasteiger partial charge on any atom is -0.260 e. The molecule has 0 bridgehead atoms. The molecule has 0 spiro atoms. The van der Waals surface area contributed by atoms with Gasteiger partial charge >= 0.3 is 0 Å². The smallest absolute Gasteiger partial charge is 0.0679 e. The van der Waals surface area contributed by atoms with E-state index in [4.69, 9.17) is 0 Å². The summed E-state index contributed by atoms with van der Waals surface area (Å²) < 4.78 is 0. The monoisotopic (exact) mass is 79.0 g/mol. The van der Waals surface area contributed by atoms with E-state index in [0.717, 1.165) is 6.42 Å². The highest BCUT2D eigenvalue weighted by atomic mass is 14.7. The molecule has 0 N–H and O–H groups in total. The van der Waals surface area contributed by atoms with Gasteiger partial charge in [-0.3, -0.25) is 4.99 Å². The topological polar surface area (TPSA) is 12.4 Å². The van der Waals surface area contributed by atoms with Gasteiger partial charge in [0.1, 0.15) is 0 Å². The van der Waals surface area contributed by atoms with Crippen LogP contribution in [0.4, 0.5) is 0 Å². The van der Waals surface area contributed by atoms with E-state index in [9.17, 15) is 0 Å². The number of aliphatic imine (C=N–C) groups is 1. The number of hydrogen-bond donors (Lipinski definition) is 0. The van der Waals surface area contributed by atoms with Crippen molar-refractivity contribution in [3.05, 3.63) is 18.0 Å². The molecule has 0 radical (unpaired) electrons. The summed E-state index contributed by atoms with van der Waals surface area (Å²) in [4.78, 5) is 3.78. The van der Waals surface area contributed by atoms with Crippen LogP contribution in [0.2, 0.25) is 0 Å². The zero-order chi connectivity index (χ0) is 4.24. The molecule has 0 amide bonds. The van der Waals surface area contributed by atoms with Gasteiger partial charge in [-0.15, -0.1) is 5.73 Å². The summed E-state index contributed by atoms with van der Waals surface area (Å²) in [5.74, 6) is 0. The van der Waals surface area contributed by atoms with Crippen LogP contribution in [-0.2, 0) is 0 Å². The molecule has 0 aliphatic carbocycles. The molecule has 1 heteroatoms. The third-order valence-electron chi connectivity index (χ3n) is 0.596. The number of hydrogen-bond acceptors (Lipinski definition) is 1. The normalized spacial score (nSPS) is 16.0. The fourth-order valence-corrected chi connectivity index (χ4v) is 0.330. The zero-order valence-electron chi connectivity index (χ0n) is 3.39. The SMILES string of the molecule is C1=CCC=NC=1. The maximum atomic E-state index is 3.78. The molecule has 1 aliphatic rings. The first-order chi connectivity index (χ1) is 3.00. The van der Waals surface area contributed by atoms with Crippen molar-refractivity contribution in [1.29, 1.82) is 0 Å². The first kappa shape index (κ1) is 3.38. The molecule has 0 aromatic heterocycles. The first-order valence-corrected chi connectivity index (χ1v) is 1.91. The van der Waals surface area contributed by atoms with Gasteiger partial charge in [0.05, 0.1) is 6.20 Å². The Morgan fingerprint density at radius 1 is 1.67 bits per heavy atom. The van der Waals surface area contributed by atoms with E-state index in [1.807, 2.05) is 12.3 Å². The average Bonchev–Trinajstić information content (AvgIpc) is 1.72. The van der Waals surface area contributed by atoms with Gasteiger partial charge in [-0.25, -0.2) is 0 Å². The molecule has 6 heavy (non-hydrogen) atoms. The molecule has 0 saturated carbocycles. The van der Waals surface area contributed by atoms with Gasteiger partial charge in [0.2, 0.25) is 0 Å². The van der Waals surface area contributed by atoms with Gasteiger partial charge in [0.25, 0.3) is 0 Å². The third-order valence-corrected chi connectivity index (χ3v) is 0.596. The molecule has 0 aromatic rings. The number of nitrogens with zero attached hydrogens (tertiary/aromatic N) is 1. The fraction of sp³-hybridized carbons (Fsp3) is 0.200. The Hall–Kier alpha value is -0.810. The van der Waals surface area contributed by atoms with Crippen LogP contribution in [-0.4, -0.2) is 6.21 Å². The van der Waals surface area contributed by atoms with Crippen molar-refractivity contribution in [2.75, 3.05) is 0 Å². The lowest BCUT2D eigenvalue weighted by Gasteiger charge is -1.78. The number of rotatable bonds is 0. The van der Waals surface area contributed by atoms with E-state index in [0.29, 0.717) is 0 Å². The molecule has 1 aliphatic heterocycles. The highest BCUT2D eigenvalue weighted by Crippen LogP contribution is 1.82. The van der Waals surface area contributed by atoms with E-state index in [1.165, 1.54) is 0 Å². The van der Waals surface area contributed by atoms with Crippen molar-refractivity contribution in [2.24, 2.45) is 4.99 Å². The molecular formula is C5H5N. The lowest BCUT2D eigenvalue weighted by molar-refractivity contribution is 1.43. The minimum atomic E-state index is 0.941. The lowest BCUT2D eigenvalue weighted by atomic mass is 10.4. The molecular weight excluding hydrogens is 74.1 g/mol. The van der Waals surface area contributed by atoms with Crippen LogP contribution in [0.15, 0.2) is 23.0 Å². The average molecular weight is 79.1 g/mol. The van der Waals surface area contributed by atoms with E-state index in [-0.39, 0.29) is 0 Å². The highest BCUT2D eigenvalue weighted by Gasteiger charge is 1.69. The van der Waals surface area contributed by atoms with Crippen molar-refractivity contribution in [2.45, 2.75) is 6.42 Å². The summed E-state index contributed by atoms with van der Waals surface area (Å²) in [5.41, 5.74) is 2.84. The molecule has 30 valence electrons. The Bertz CT molecular complexity index is 116. The maximum absolute atomic E-state index is 3.78. The third kappa shape index (κ3) is 0.568. The van der Waals surface area contributed by atoms with Crippen molar-refractivity contribution in [1.82, 2.24) is 0 Å². The Morgan fingerprint density at radius 2 is 2.67 bits per heavy atom. The van der Waals surface area contributed by atoms with Crippen LogP contribution in [0.25, 0.3) is 0 Å². The van der Waals surface area contributed by atoms with Gasteiger partial charge in [-0.1, -0.05) is 0 Å². The summed E-state index contributed by atoms with van der Waals surface area (Å²) >= 11 is 0. The van der Waals surface area contributed by atoms with E-state index in [2.05, 4.69) is 10.7 Å². The van der Waals surface area contributed by atoms with Crippen molar-refractivity contribution >= 4 is 6.21 Å². The van der Waals surface area contributed by atoms with E-state index < -0.39 is 0 Å². The maximum Gasteiger partial charge on any atom is 0.0679 e. The van der Waals surface area contributed by atoms with E-state index >= 15 is 0 Å². The molecule has 0 aromatic carbocycles. The van der Waals surface area contributed by atoms with Crippen LogP contribution in [0.3, 0.4) is 0 Å². The Kier molecular flexibility index (Phi) is 0.892. The molecule has 0 atom stereocenters. The summed E-state index contributed by atoms with van der Waals surface area (Å²) in [6.07, 6.45) is 6.38. The van der Waals surface area contributed by atoms with Gasteiger partial charge in [-0.05, 0) is 6.08 Å². The zero-order valence-corrected chi connectivity index (χ0v) is 3.39. The predicted octanol–water partition coefficient (Wildman–Crippen LogP) is 1.13. The van der Waals surface area contributed by atoms with Gasteiger partial charge < -0.3 is 0 Å². The fourth-order valence-electron chi connectivity index (χ4n) is 0.330. The second kappa shape index (κ2) is 1.58. The standard InChI is InChI=1S/C5H5N/c1-2-4-6-5-3-1/h1,4-5H,2H2. The molecule has 0 saturated heterocycles. The van der Waals surface area contributed by atoms with Crippen LogP contribution in [0, 0.1) is 0 Å².